The highest BCUT2D eigenvalue weighted by atomic mass is 19.1. The minimum Gasteiger partial charge on any atom is -0.423 e. The fourth-order valence-electron chi connectivity index (χ4n) is 4.61. The second-order valence-corrected chi connectivity index (χ2v) is 8.49. The van der Waals surface area contributed by atoms with Crippen molar-refractivity contribution >= 4 is 0 Å². The van der Waals surface area contributed by atoms with Gasteiger partial charge in [0.15, 0.2) is 0 Å². The van der Waals surface area contributed by atoms with Crippen molar-refractivity contribution in [3.05, 3.63) is 107 Å². The van der Waals surface area contributed by atoms with E-state index in [0.29, 0.717) is 29.4 Å². The maximum atomic E-state index is 13.8. The maximum absolute atomic E-state index is 13.8. The first-order valence-corrected chi connectivity index (χ1v) is 10.9. The SMILES string of the molecule is N#Cc1ccc(C(c2cccc(-c3nnco3)c2)N2CC(Cc3cc(F)cc(C#N)c3)C2)cc1. The van der Waals surface area contributed by atoms with Crippen LogP contribution in [0, 0.1) is 34.4 Å². The molecule has 1 saturated heterocycles. The minimum atomic E-state index is -0.376. The molecule has 1 unspecified atom stereocenters. The predicted octanol–water partition coefficient (Wildman–Crippen LogP) is 4.88. The van der Waals surface area contributed by atoms with E-state index in [1.54, 1.807) is 6.07 Å². The lowest BCUT2D eigenvalue weighted by molar-refractivity contribution is 0.0688. The summed E-state index contributed by atoms with van der Waals surface area (Å²) in [6.07, 6.45) is 2.02. The second-order valence-electron chi connectivity index (χ2n) is 8.49. The van der Waals surface area contributed by atoms with Crippen LogP contribution in [-0.4, -0.2) is 28.2 Å². The van der Waals surface area contributed by atoms with Crippen molar-refractivity contribution in [3.63, 3.8) is 0 Å². The highest BCUT2D eigenvalue weighted by Crippen LogP contribution is 2.37. The molecule has 166 valence electrons. The fraction of sp³-hybridized carbons (Fsp3) is 0.185. The minimum absolute atomic E-state index is 0.0194. The van der Waals surface area contributed by atoms with E-state index >= 15 is 0 Å². The number of nitriles is 2. The number of hydrogen-bond acceptors (Lipinski definition) is 6. The first kappa shape index (κ1) is 21.5. The third-order valence-corrected chi connectivity index (χ3v) is 6.13. The molecule has 1 aliphatic rings. The van der Waals surface area contributed by atoms with Crippen molar-refractivity contribution in [2.75, 3.05) is 13.1 Å². The molecule has 7 heteroatoms. The van der Waals surface area contributed by atoms with Crippen molar-refractivity contribution in [1.82, 2.24) is 15.1 Å². The summed E-state index contributed by atoms with van der Waals surface area (Å²) in [7, 11) is 0. The molecule has 0 saturated carbocycles. The summed E-state index contributed by atoms with van der Waals surface area (Å²) in [4.78, 5) is 2.36. The summed E-state index contributed by atoms with van der Waals surface area (Å²) in [5, 5.41) is 26.1. The molecule has 34 heavy (non-hydrogen) atoms. The van der Waals surface area contributed by atoms with Crippen LogP contribution in [0.1, 0.15) is 33.9 Å². The van der Waals surface area contributed by atoms with Gasteiger partial charge in [-0.3, -0.25) is 4.90 Å². The van der Waals surface area contributed by atoms with Crippen molar-refractivity contribution < 1.29 is 8.81 Å². The van der Waals surface area contributed by atoms with Crippen LogP contribution in [0.2, 0.25) is 0 Å². The van der Waals surface area contributed by atoms with Gasteiger partial charge in [0, 0.05) is 18.7 Å². The Bertz CT molecular complexity index is 1380. The van der Waals surface area contributed by atoms with Gasteiger partial charge in [0.1, 0.15) is 5.82 Å². The lowest BCUT2D eigenvalue weighted by atomic mass is 9.86. The van der Waals surface area contributed by atoms with E-state index in [2.05, 4.69) is 33.3 Å². The molecule has 0 bridgehead atoms. The van der Waals surface area contributed by atoms with Gasteiger partial charge in [0.05, 0.1) is 29.3 Å². The lowest BCUT2D eigenvalue weighted by Gasteiger charge is -2.45. The summed E-state index contributed by atoms with van der Waals surface area (Å²) < 4.78 is 19.2. The number of benzene rings is 3. The Kier molecular flexibility index (Phi) is 5.86. The first-order valence-electron chi connectivity index (χ1n) is 10.9. The van der Waals surface area contributed by atoms with Crippen LogP contribution >= 0.6 is 0 Å². The zero-order chi connectivity index (χ0) is 23.5. The summed E-state index contributed by atoms with van der Waals surface area (Å²) in [5.74, 6) is 0.438. The summed E-state index contributed by atoms with van der Waals surface area (Å²) in [6.45, 7) is 1.65. The molecule has 6 nitrogen and oxygen atoms in total. The van der Waals surface area contributed by atoms with E-state index in [1.165, 1.54) is 18.5 Å². The van der Waals surface area contributed by atoms with Gasteiger partial charge in [-0.2, -0.15) is 10.5 Å². The van der Waals surface area contributed by atoms with E-state index in [0.717, 1.165) is 35.3 Å². The molecular formula is C27H20FN5O. The number of aromatic nitrogens is 2. The van der Waals surface area contributed by atoms with E-state index in [-0.39, 0.29) is 11.9 Å². The Morgan fingerprint density at radius 3 is 2.47 bits per heavy atom. The van der Waals surface area contributed by atoms with Gasteiger partial charge in [-0.15, -0.1) is 10.2 Å². The molecule has 0 spiro atoms. The molecule has 0 aliphatic carbocycles. The normalized spacial score (nSPS) is 14.7. The summed E-state index contributed by atoms with van der Waals surface area (Å²) in [5.41, 5.74) is 4.81. The van der Waals surface area contributed by atoms with Crippen LogP contribution in [-0.2, 0) is 6.42 Å². The van der Waals surface area contributed by atoms with Crippen LogP contribution in [0.5, 0.6) is 0 Å². The topological polar surface area (TPSA) is 89.7 Å². The van der Waals surface area contributed by atoms with E-state index in [9.17, 15) is 9.65 Å². The summed E-state index contributed by atoms with van der Waals surface area (Å²) >= 11 is 0. The zero-order valence-electron chi connectivity index (χ0n) is 18.2. The number of nitrogens with zero attached hydrogens (tertiary/aromatic N) is 5. The molecular weight excluding hydrogens is 429 g/mol. The van der Waals surface area contributed by atoms with Crippen LogP contribution in [0.4, 0.5) is 4.39 Å². The van der Waals surface area contributed by atoms with Gasteiger partial charge < -0.3 is 4.42 Å². The molecule has 0 N–H and O–H groups in total. The number of likely N-dealkylation sites (tertiary alicyclic amines) is 1. The average molecular weight is 449 g/mol. The third-order valence-electron chi connectivity index (χ3n) is 6.13. The Morgan fingerprint density at radius 2 is 1.76 bits per heavy atom. The number of halogens is 1. The van der Waals surface area contributed by atoms with Crippen LogP contribution in [0.25, 0.3) is 11.5 Å². The van der Waals surface area contributed by atoms with E-state index in [1.807, 2.05) is 42.5 Å². The maximum Gasteiger partial charge on any atom is 0.247 e. The smallest absolute Gasteiger partial charge is 0.247 e. The molecule has 0 radical (unpaired) electrons. The van der Waals surface area contributed by atoms with E-state index in [4.69, 9.17) is 9.68 Å². The Hall–Kier alpha value is -4.33. The van der Waals surface area contributed by atoms with Gasteiger partial charge >= 0.3 is 0 Å². The van der Waals surface area contributed by atoms with Gasteiger partial charge in [-0.05, 0) is 71.5 Å². The Labute approximate surface area is 196 Å². The molecule has 3 aromatic carbocycles. The Morgan fingerprint density at radius 1 is 0.971 bits per heavy atom. The van der Waals surface area contributed by atoms with Gasteiger partial charge in [-0.25, -0.2) is 4.39 Å². The van der Waals surface area contributed by atoms with Gasteiger partial charge in [-0.1, -0.05) is 24.3 Å². The van der Waals surface area contributed by atoms with Crippen LogP contribution in [0.15, 0.2) is 77.5 Å². The predicted molar refractivity (Wildman–Crippen MR) is 123 cm³/mol. The van der Waals surface area contributed by atoms with Crippen molar-refractivity contribution in [2.45, 2.75) is 12.5 Å². The van der Waals surface area contributed by atoms with Crippen molar-refractivity contribution in [1.29, 1.82) is 10.5 Å². The molecule has 4 aromatic rings. The summed E-state index contributed by atoms with van der Waals surface area (Å²) in [6, 6.07) is 24.4. The number of rotatable bonds is 6. The molecule has 5 rings (SSSR count). The fourth-order valence-corrected chi connectivity index (χ4v) is 4.61. The highest BCUT2D eigenvalue weighted by molar-refractivity contribution is 5.55. The van der Waals surface area contributed by atoms with Gasteiger partial charge in [0.25, 0.3) is 0 Å². The monoisotopic (exact) mass is 449 g/mol. The molecule has 0 amide bonds. The number of hydrogen-bond donors (Lipinski definition) is 0. The van der Waals surface area contributed by atoms with Crippen LogP contribution < -0.4 is 0 Å². The first-order chi connectivity index (χ1) is 16.6. The molecule has 2 heterocycles. The zero-order valence-corrected chi connectivity index (χ0v) is 18.2. The average Bonchev–Trinajstić information content (AvgIpc) is 3.38. The van der Waals surface area contributed by atoms with Gasteiger partial charge in [0.2, 0.25) is 12.3 Å². The molecule has 1 fully saturated rings. The standard InChI is InChI=1S/C27H20FN5O/c28-25-10-19(8-20(11-25)14-30)9-21-15-33(16-21)26(22-6-4-18(13-29)5-7-22)23-2-1-3-24(12-23)27-32-31-17-34-27/h1-8,10-12,17,21,26H,9,15-16H2. The van der Waals surface area contributed by atoms with Crippen molar-refractivity contribution in [2.24, 2.45) is 5.92 Å². The molecule has 1 atom stereocenters. The lowest BCUT2D eigenvalue weighted by Crippen LogP contribution is -2.49. The highest BCUT2D eigenvalue weighted by Gasteiger charge is 2.34. The van der Waals surface area contributed by atoms with Crippen LogP contribution in [0.3, 0.4) is 0 Å². The Balaban J connectivity index is 1.40. The van der Waals surface area contributed by atoms with E-state index < -0.39 is 0 Å². The quantitative estimate of drug-likeness (QED) is 0.417. The molecule has 1 aromatic heterocycles. The largest absolute Gasteiger partial charge is 0.423 e. The third kappa shape index (κ3) is 4.43. The second kappa shape index (κ2) is 9.27. The molecule has 1 aliphatic heterocycles. The van der Waals surface area contributed by atoms with Crippen molar-refractivity contribution in [3.8, 4) is 23.6 Å².